The molecule has 58 valence electrons. The molecule has 0 aromatic carbocycles. The van der Waals surface area contributed by atoms with Crippen LogP contribution in [0.5, 0.6) is 0 Å². The largest absolute Gasteiger partial charge is 2.00 e. The standard InChI is InChI=1S/2Cr.K.7O.Pb/q;;+1;;;;;;2*-1;+2. The third-order valence-corrected chi connectivity index (χ3v) is 2.83. The predicted octanol–water partition coefficient (Wildman–Crippen LogP) is -6.30. The second-order valence-corrected chi connectivity index (χ2v) is 4.52. The Bertz CT molecular complexity index is 242. The van der Waals surface area contributed by atoms with Crippen LogP contribution in [0.1, 0.15) is 0 Å². The van der Waals surface area contributed by atoms with Crippen molar-refractivity contribution in [2.24, 2.45) is 0 Å². The summed E-state index contributed by atoms with van der Waals surface area (Å²) >= 11 is -12.1. The molecule has 0 fully saturated rings. The van der Waals surface area contributed by atoms with Crippen LogP contribution in [-0.2, 0) is 45.3 Å². The minimum absolute atomic E-state index is 0. The van der Waals surface area contributed by atoms with E-state index < -0.39 is 27.2 Å². The van der Waals surface area contributed by atoms with Gasteiger partial charge < -0.3 is 0 Å². The third kappa shape index (κ3) is 19.2. The third-order valence-electron chi connectivity index (χ3n) is 0.167. The molecule has 0 saturated carbocycles. The molecule has 0 aliphatic heterocycles. The van der Waals surface area contributed by atoms with E-state index in [-0.39, 0.29) is 78.7 Å². The molecule has 0 aromatic rings. The fourth-order valence-corrected chi connectivity index (χ4v) is 1.74. The molecule has 11 heteroatoms. The first-order valence-corrected chi connectivity index (χ1v) is 5.50. The Morgan fingerprint density at radius 1 is 0.909 bits per heavy atom. The van der Waals surface area contributed by atoms with Gasteiger partial charge in [0.1, 0.15) is 0 Å². The summed E-state index contributed by atoms with van der Waals surface area (Å²) in [5.74, 6) is 0. The Balaban J connectivity index is -0.000000320. The smallest absolute Gasteiger partial charge is 2.00 e. The first-order chi connectivity index (χ1) is 3.71. The molecule has 2 radical (unpaired) electrons. The van der Waals surface area contributed by atoms with Gasteiger partial charge in [0.15, 0.2) is 0 Å². The minimum atomic E-state index is -6.07. The topological polar surface area (TPSA) is 124 Å². The van der Waals surface area contributed by atoms with Crippen molar-refractivity contribution >= 4 is 27.3 Å². The van der Waals surface area contributed by atoms with Crippen molar-refractivity contribution in [2.45, 2.75) is 0 Å². The Morgan fingerprint density at radius 3 is 1.09 bits per heavy atom. The molecule has 0 unspecified atom stereocenters. The normalized spacial score (nSPS) is 11.1. The van der Waals surface area contributed by atoms with E-state index in [1.807, 2.05) is 0 Å². The fourth-order valence-electron chi connectivity index (χ4n) is 0.102. The molecule has 0 atom stereocenters. The Morgan fingerprint density at radius 2 is 1.09 bits per heavy atom. The van der Waals surface area contributed by atoms with Gasteiger partial charge in [-0.25, -0.2) is 0 Å². The first-order valence-electron chi connectivity index (χ1n) is 1.33. The van der Waals surface area contributed by atoms with Crippen molar-refractivity contribution in [3.8, 4) is 0 Å². The van der Waals surface area contributed by atoms with Crippen molar-refractivity contribution in [2.75, 3.05) is 0 Å². The maximum atomic E-state index is 9.38. The molecule has 0 N–H and O–H groups in total. The molecular weight excluding hydrogens is 462 g/mol. The maximum absolute atomic E-state index is 9.38. The van der Waals surface area contributed by atoms with Gasteiger partial charge in [0.05, 0.1) is 0 Å². The molecule has 0 heterocycles. The summed E-state index contributed by atoms with van der Waals surface area (Å²) in [7, 11) is 0. The molecular formula is Cr2KO7Pb+. The monoisotopic (exact) mass is 463 g/mol. The summed E-state index contributed by atoms with van der Waals surface area (Å²) in [6.45, 7) is 0. The van der Waals surface area contributed by atoms with E-state index in [0.717, 1.165) is 0 Å². The molecule has 7 nitrogen and oxygen atoms in total. The average molecular weight is 462 g/mol. The maximum Gasteiger partial charge on any atom is 2.00 e. The molecule has 0 aromatic heterocycles. The minimum Gasteiger partial charge on any atom is 2.00 e. The van der Waals surface area contributed by atoms with Crippen molar-refractivity contribution in [1.29, 1.82) is 0 Å². The van der Waals surface area contributed by atoms with Crippen molar-refractivity contribution < 1.29 is 105 Å². The number of hydrogen-bond acceptors (Lipinski definition) is 7. The zero-order valence-electron chi connectivity index (χ0n) is 5.17. The van der Waals surface area contributed by atoms with Crippen LogP contribution in [-0.4, -0.2) is 27.3 Å². The van der Waals surface area contributed by atoms with Gasteiger partial charge in [-0.2, -0.15) is 0 Å². The summed E-state index contributed by atoms with van der Waals surface area (Å²) in [6, 6.07) is 0. The SMILES string of the molecule is [K+].[O]=[Cr](=[O])([O-])[O][Cr](=[O])(=[O])[O-].[Pb+2]. The van der Waals surface area contributed by atoms with Crippen molar-refractivity contribution in [1.82, 2.24) is 0 Å². The van der Waals surface area contributed by atoms with Gasteiger partial charge in [0.25, 0.3) is 0 Å². The zero-order valence-corrected chi connectivity index (χ0v) is 14.7. The van der Waals surface area contributed by atoms with Crippen molar-refractivity contribution in [3.05, 3.63) is 0 Å². The first kappa shape index (κ1) is 19.3. The van der Waals surface area contributed by atoms with E-state index in [0.29, 0.717) is 0 Å². The van der Waals surface area contributed by atoms with E-state index in [9.17, 15) is 23.5 Å². The fraction of sp³-hybridized carbons (Fsp3) is 0. The van der Waals surface area contributed by atoms with Crippen LogP contribution >= 0.6 is 0 Å². The summed E-state index contributed by atoms with van der Waals surface area (Å²) < 4.78 is 58.9. The van der Waals surface area contributed by atoms with Crippen LogP contribution in [0.3, 0.4) is 0 Å². The van der Waals surface area contributed by atoms with E-state index in [1.165, 1.54) is 0 Å². The van der Waals surface area contributed by atoms with Gasteiger partial charge in [-0.05, 0) is 0 Å². The summed E-state index contributed by atoms with van der Waals surface area (Å²) in [5, 5.41) is 0. The van der Waals surface area contributed by atoms with Crippen molar-refractivity contribution in [3.63, 3.8) is 0 Å². The van der Waals surface area contributed by atoms with E-state index >= 15 is 0 Å². The number of hydrogen-bond donors (Lipinski definition) is 0. The summed E-state index contributed by atoms with van der Waals surface area (Å²) in [5.41, 5.74) is 0. The average Bonchev–Trinajstić information content (AvgIpc) is 1.14. The van der Waals surface area contributed by atoms with Crippen LogP contribution < -0.4 is 59.7 Å². The molecule has 0 aliphatic rings. The number of rotatable bonds is 2. The van der Waals surface area contributed by atoms with Crippen LogP contribution in [0.15, 0.2) is 0 Å². The van der Waals surface area contributed by atoms with Gasteiger partial charge in [-0.3, -0.25) is 0 Å². The van der Waals surface area contributed by atoms with Crippen LogP contribution in [0.25, 0.3) is 0 Å². The van der Waals surface area contributed by atoms with Crippen LogP contribution in [0, 0.1) is 0 Å². The Hall–Kier alpha value is 2.70. The Labute approximate surface area is 129 Å². The molecule has 11 heavy (non-hydrogen) atoms. The van der Waals surface area contributed by atoms with Gasteiger partial charge >= 0.3 is 132 Å². The predicted molar refractivity (Wildman–Crippen MR) is 9.59 cm³/mol. The molecule has 0 amide bonds. The van der Waals surface area contributed by atoms with E-state index in [2.05, 4.69) is 2.84 Å². The summed E-state index contributed by atoms with van der Waals surface area (Å²) in [4.78, 5) is 0. The van der Waals surface area contributed by atoms with Gasteiger partial charge in [0.2, 0.25) is 0 Å². The van der Waals surface area contributed by atoms with E-state index in [1.54, 1.807) is 0 Å². The Kier molecular flexibility index (Phi) is 12.4. The molecule has 0 aliphatic carbocycles. The second-order valence-electron chi connectivity index (χ2n) is 0.885. The molecule has 0 bridgehead atoms. The van der Waals surface area contributed by atoms with Gasteiger partial charge in [-0.15, -0.1) is 0 Å². The summed E-state index contributed by atoms with van der Waals surface area (Å²) in [6.07, 6.45) is 0. The van der Waals surface area contributed by atoms with Crippen LogP contribution in [0.2, 0.25) is 0 Å². The van der Waals surface area contributed by atoms with E-state index in [4.69, 9.17) is 0 Å². The van der Waals surface area contributed by atoms with Crippen LogP contribution in [0.4, 0.5) is 0 Å². The molecule has 0 saturated heterocycles. The quantitative estimate of drug-likeness (QED) is 0.374. The molecule has 0 rings (SSSR count). The second kappa shape index (κ2) is 7.06. The van der Waals surface area contributed by atoms with Gasteiger partial charge in [-0.1, -0.05) is 0 Å². The molecule has 0 spiro atoms. The zero-order chi connectivity index (χ0) is 7.71. The van der Waals surface area contributed by atoms with Gasteiger partial charge in [0, 0.05) is 0 Å².